The lowest BCUT2D eigenvalue weighted by atomic mass is 9.86. The van der Waals surface area contributed by atoms with Crippen molar-refractivity contribution in [2.75, 3.05) is 13.7 Å². The molecule has 1 N–H and O–H groups in total. The maximum atomic E-state index is 12.2. The fourth-order valence-corrected chi connectivity index (χ4v) is 4.30. The molecular formula is C33H41NO3. The van der Waals surface area contributed by atoms with Crippen molar-refractivity contribution < 1.29 is 14.3 Å². The van der Waals surface area contributed by atoms with Crippen LogP contribution in [0, 0.1) is 5.92 Å². The van der Waals surface area contributed by atoms with Crippen LogP contribution in [0.2, 0.25) is 0 Å². The van der Waals surface area contributed by atoms with Crippen molar-refractivity contribution in [2.45, 2.75) is 65.2 Å². The van der Waals surface area contributed by atoms with E-state index in [0.717, 1.165) is 25.7 Å². The van der Waals surface area contributed by atoms with E-state index >= 15 is 0 Å². The lowest BCUT2D eigenvalue weighted by Crippen LogP contribution is -2.26. The molecule has 37 heavy (non-hydrogen) atoms. The van der Waals surface area contributed by atoms with E-state index in [1.165, 1.54) is 34.9 Å². The largest absolute Gasteiger partial charge is 0.469 e. The molecule has 0 saturated carbocycles. The summed E-state index contributed by atoms with van der Waals surface area (Å²) in [5.74, 6) is 0.117. The number of aryl methyl sites for hydroxylation is 2. The number of rotatable bonds is 11. The molecule has 0 radical (unpaired) electrons. The maximum absolute atomic E-state index is 12.2. The van der Waals surface area contributed by atoms with Crippen molar-refractivity contribution in [3.05, 3.63) is 95.1 Å². The molecule has 0 spiro atoms. The average Bonchev–Trinajstić information content (AvgIpc) is 2.90. The van der Waals surface area contributed by atoms with Crippen molar-refractivity contribution in [1.29, 1.82) is 0 Å². The average molecular weight is 500 g/mol. The van der Waals surface area contributed by atoms with Gasteiger partial charge >= 0.3 is 5.97 Å². The standard InChI is InChI=1S/C33H41NO3/c1-24(7-9-26-12-16-29(17-13-26)32(36)34-23-22-31(35)37-5)6-8-25-10-14-27(15-11-25)28-18-20-30(21-19-28)33(2,3)4/h10-21,24H,6-9,22-23H2,1-5H3,(H,34,36). The van der Waals surface area contributed by atoms with Crippen molar-refractivity contribution in [3.63, 3.8) is 0 Å². The first-order valence-electron chi connectivity index (χ1n) is 13.3. The molecule has 3 aromatic carbocycles. The second-order valence-corrected chi connectivity index (χ2v) is 11.0. The van der Waals surface area contributed by atoms with Gasteiger partial charge in [-0.05, 0) is 77.0 Å². The van der Waals surface area contributed by atoms with Crippen LogP contribution in [0.1, 0.15) is 74.0 Å². The summed E-state index contributed by atoms with van der Waals surface area (Å²) < 4.78 is 4.58. The Kier molecular flexibility index (Phi) is 10.1. The van der Waals surface area contributed by atoms with Crippen LogP contribution < -0.4 is 5.32 Å². The van der Waals surface area contributed by atoms with Gasteiger partial charge in [-0.1, -0.05) is 88.4 Å². The molecule has 0 heterocycles. The Morgan fingerprint density at radius 3 is 1.76 bits per heavy atom. The number of ether oxygens (including phenoxy) is 1. The van der Waals surface area contributed by atoms with Gasteiger partial charge in [0.1, 0.15) is 0 Å². The summed E-state index contributed by atoms with van der Waals surface area (Å²) in [7, 11) is 1.34. The first-order chi connectivity index (χ1) is 17.7. The van der Waals surface area contributed by atoms with E-state index in [0.29, 0.717) is 11.5 Å². The number of hydrogen-bond donors (Lipinski definition) is 1. The number of carbonyl (C=O) groups excluding carboxylic acids is 2. The minimum absolute atomic E-state index is 0.170. The van der Waals surface area contributed by atoms with Crippen molar-refractivity contribution in [3.8, 4) is 11.1 Å². The second-order valence-electron chi connectivity index (χ2n) is 11.0. The summed E-state index contributed by atoms with van der Waals surface area (Å²) in [6.45, 7) is 9.32. The summed E-state index contributed by atoms with van der Waals surface area (Å²) in [6.07, 6.45) is 4.51. The molecule has 1 atom stereocenters. The topological polar surface area (TPSA) is 55.4 Å². The summed E-state index contributed by atoms with van der Waals surface area (Å²) in [5.41, 5.74) is 7.28. The van der Waals surface area contributed by atoms with Gasteiger partial charge < -0.3 is 10.1 Å². The van der Waals surface area contributed by atoms with E-state index in [4.69, 9.17) is 0 Å². The fraction of sp³-hybridized carbons (Fsp3) is 0.394. The Morgan fingerprint density at radius 2 is 1.27 bits per heavy atom. The summed E-state index contributed by atoms with van der Waals surface area (Å²) in [6, 6.07) is 25.7. The summed E-state index contributed by atoms with van der Waals surface area (Å²) >= 11 is 0. The third-order valence-corrected chi connectivity index (χ3v) is 6.95. The van der Waals surface area contributed by atoms with Crippen LogP contribution in [-0.4, -0.2) is 25.5 Å². The molecule has 3 rings (SSSR count). The van der Waals surface area contributed by atoms with Crippen LogP contribution >= 0.6 is 0 Å². The normalized spacial score (nSPS) is 12.1. The quantitative estimate of drug-likeness (QED) is 0.285. The third kappa shape index (κ3) is 8.89. The van der Waals surface area contributed by atoms with E-state index < -0.39 is 0 Å². The van der Waals surface area contributed by atoms with Crippen LogP contribution in [0.15, 0.2) is 72.8 Å². The zero-order valence-electron chi connectivity index (χ0n) is 23.0. The number of esters is 1. The highest BCUT2D eigenvalue weighted by molar-refractivity contribution is 5.94. The molecule has 4 heteroatoms. The van der Waals surface area contributed by atoms with Gasteiger partial charge in [-0.2, -0.15) is 0 Å². The highest BCUT2D eigenvalue weighted by Gasteiger charge is 2.13. The van der Waals surface area contributed by atoms with Crippen LogP contribution in [0.3, 0.4) is 0 Å². The SMILES string of the molecule is COC(=O)CCNC(=O)c1ccc(CCC(C)CCc2ccc(-c3ccc(C(C)(C)C)cc3)cc2)cc1. The predicted octanol–water partition coefficient (Wildman–Crippen LogP) is 7.15. The van der Waals surface area contributed by atoms with Gasteiger partial charge in [-0.25, -0.2) is 0 Å². The molecule has 0 aliphatic rings. The van der Waals surface area contributed by atoms with Gasteiger partial charge in [-0.3, -0.25) is 9.59 Å². The molecule has 1 amide bonds. The Labute approximate surface area is 222 Å². The van der Waals surface area contributed by atoms with Crippen LogP contribution in [0.4, 0.5) is 0 Å². The second kappa shape index (κ2) is 13.2. The molecule has 0 aromatic heterocycles. The lowest BCUT2D eigenvalue weighted by molar-refractivity contribution is -0.140. The van der Waals surface area contributed by atoms with Gasteiger partial charge in [-0.15, -0.1) is 0 Å². The number of benzene rings is 3. The molecule has 0 aliphatic heterocycles. The van der Waals surface area contributed by atoms with Crippen LogP contribution in [-0.2, 0) is 27.8 Å². The van der Waals surface area contributed by atoms with E-state index in [-0.39, 0.29) is 30.3 Å². The lowest BCUT2D eigenvalue weighted by Gasteiger charge is -2.19. The van der Waals surface area contributed by atoms with Crippen LogP contribution in [0.25, 0.3) is 11.1 Å². The Bertz CT molecular complexity index is 1140. The number of carbonyl (C=O) groups is 2. The fourth-order valence-electron chi connectivity index (χ4n) is 4.30. The van der Waals surface area contributed by atoms with Gasteiger partial charge in [0, 0.05) is 12.1 Å². The van der Waals surface area contributed by atoms with E-state index in [2.05, 4.69) is 86.3 Å². The van der Waals surface area contributed by atoms with E-state index in [1.807, 2.05) is 24.3 Å². The molecule has 0 saturated heterocycles. The third-order valence-electron chi connectivity index (χ3n) is 6.95. The smallest absolute Gasteiger partial charge is 0.307 e. The zero-order chi connectivity index (χ0) is 26.8. The van der Waals surface area contributed by atoms with Crippen molar-refractivity contribution in [2.24, 2.45) is 5.92 Å². The Morgan fingerprint density at radius 1 is 0.784 bits per heavy atom. The first kappa shape index (κ1) is 28.2. The zero-order valence-corrected chi connectivity index (χ0v) is 23.0. The summed E-state index contributed by atoms with van der Waals surface area (Å²) in [5, 5.41) is 2.75. The molecule has 3 aromatic rings. The molecule has 0 aliphatic carbocycles. The van der Waals surface area contributed by atoms with E-state index in [9.17, 15) is 9.59 Å². The molecule has 1 unspecified atom stereocenters. The molecular weight excluding hydrogens is 458 g/mol. The predicted molar refractivity (Wildman–Crippen MR) is 152 cm³/mol. The van der Waals surface area contributed by atoms with Crippen LogP contribution in [0.5, 0.6) is 0 Å². The highest BCUT2D eigenvalue weighted by atomic mass is 16.5. The van der Waals surface area contributed by atoms with Crippen molar-refractivity contribution >= 4 is 11.9 Å². The number of methoxy groups -OCH3 is 1. The Hall–Kier alpha value is -3.40. The Balaban J connectivity index is 1.41. The van der Waals surface area contributed by atoms with Crippen molar-refractivity contribution in [1.82, 2.24) is 5.32 Å². The van der Waals surface area contributed by atoms with Gasteiger partial charge in [0.25, 0.3) is 5.91 Å². The monoisotopic (exact) mass is 499 g/mol. The number of nitrogens with one attached hydrogen (secondary N) is 1. The van der Waals surface area contributed by atoms with Gasteiger partial charge in [0.05, 0.1) is 13.5 Å². The maximum Gasteiger partial charge on any atom is 0.307 e. The molecule has 4 nitrogen and oxygen atoms in total. The first-order valence-corrected chi connectivity index (χ1v) is 13.3. The minimum atomic E-state index is -0.330. The molecule has 0 bridgehead atoms. The minimum Gasteiger partial charge on any atom is -0.469 e. The van der Waals surface area contributed by atoms with E-state index in [1.54, 1.807) is 0 Å². The van der Waals surface area contributed by atoms with Gasteiger partial charge in [0.15, 0.2) is 0 Å². The molecule has 0 fully saturated rings. The number of hydrogen-bond acceptors (Lipinski definition) is 3. The highest BCUT2D eigenvalue weighted by Crippen LogP contribution is 2.27. The van der Waals surface area contributed by atoms with Gasteiger partial charge in [0.2, 0.25) is 0 Å². The summed E-state index contributed by atoms with van der Waals surface area (Å²) in [4.78, 5) is 23.4. The molecule has 196 valence electrons. The number of amides is 1.